The molecule has 45 heavy (non-hydrogen) atoms. The third-order valence-electron chi connectivity index (χ3n) is 6.35. The number of hydrogen-bond donors (Lipinski definition) is 8. The van der Waals surface area contributed by atoms with Crippen LogP contribution in [-0.2, 0) is 46.5 Å². The molecule has 4 unspecified atom stereocenters. The molecule has 0 radical (unpaired) electrons. The fourth-order valence-corrected chi connectivity index (χ4v) is 3.97. The molecule has 0 bridgehead atoms. The summed E-state index contributed by atoms with van der Waals surface area (Å²) in [7, 11) is 0. The van der Waals surface area contributed by atoms with Crippen LogP contribution >= 0.6 is 0 Å². The quantitative estimate of drug-likeness (QED) is 0.0554. The number of rotatable bonds is 17. The van der Waals surface area contributed by atoms with E-state index in [0.717, 1.165) is 5.56 Å². The first-order valence-corrected chi connectivity index (χ1v) is 13.9. The van der Waals surface area contributed by atoms with Gasteiger partial charge in [0.15, 0.2) is 0 Å². The summed E-state index contributed by atoms with van der Waals surface area (Å²) in [5.74, 6) is 0.0672. The second kappa shape index (κ2) is 18.2. The molecule has 2 rings (SSSR count). The van der Waals surface area contributed by atoms with E-state index in [0.29, 0.717) is 5.56 Å². The van der Waals surface area contributed by atoms with E-state index in [2.05, 4.69) is 21.3 Å². The first kappa shape index (κ1) is 35.7. The van der Waals surface area contributed by atoms with Crippen molar-refractivity contribution in [2.45, 2.75) is 63.4 Å². The van der Waals surface area contributed by atoms with E-state index in [-0.39, 0.29) is 25.9 Å². The van der Waals surface area contributed by atoms with Gasteiger partial charge in [0.1, 0.15) is 30.8 Å². The van der Waals surface area contributed by atoms with Gasteiger partial charge in [-0.15, -0.1) is 0 Å². The zero-order chi connectivity index (χ0) is 33.4. The van der Waals surface area contributed by atoms with Crippen LogP contribution < -0.4 is 44.0 Å². The standard InChI is InChI=1S/C29H38N8O8/c1-17(33-29(44)45-16-19-10-6-3-7-11-19)25(40)34-20(12-13-23(30)38)26(41)36-22(15-24(31)39)27(42)35-21(28(43)37-32)14-18-8-4-2-5-9-18/h2-11,17,20-22H,12-16,32H2,1H3,(H2,30,38)(H2,31,39)(H,33,44)(H,34,40)(H,35,42)(H,36,41)(H,37,43). The SMILES string of the molecule is CC(NC(=O)OCc1ccccc1)C(=O)NC(CCC(N)=O)C(=O)NC(CC(N)=O)C(=O)NC(Cc1ccccc1)C(=O)NN. The molecule has 0 aliphatic heterocycles. The van der Waals surface area contributed by atoms with Crippen LogP contribution in [-0.4, -0.2) is 65.7 Å². The Kier molecular flexibility index (Phi) is 14.4. The van der Waals surface area contributed by atoms with E-state index in [1.807, 2.05) is 5.43 Å². The number of benzene rings is 2. The molecule has 2 aromatic carbocycles. The highest BCUT2D eigenvalue weighted by molar-refractivity contribution is 5.97. The van der Waals surface area contributed by atoms with Crippen molar-refractivity contribution < 1.29 is 38.3 Å². The molecule has 16 heteroatoms. The van der Waals surface area contributed by atoms with Gasteiger partial charge in [0.25, 0.3) is 5.91 Å². The van der Waals surface area contributed by atoms with Crippen LogP contribution in [0, 0.1) is 0 Å². The van der Waals surface area contributed by atoms with Gasteiger partial charge >= 0.3 is 6.09 Å². The molecule has 7 amide bonds. The number of alkyl carbamates (subject to hydrolysis) is 1. The lowest BCUT2D eigenvalue weighted by molar-refractivity contribution is -0.135. The Morgan fingerprint density at radius 2 is 1.20 bits per heavy atom. The maximum absolute atomic E-state index is 13.2. The first-order chi connectivity index (χ1) is 21.4. The van der Waals surface area contributed by atoms with E-state index >= 15 is 0 Å². The van der Waals surface area contributed by atoms with Crippen molar-refractivity contribution in [1.29, 1.82) is 0 Å². The molecular formula is C29H38N8O8. The molecule has 242 valence electrons. The molecule has 0 spiro atoms. The van der Waals surface area contributed by atoms with E-state index in [4.69, 9.17) is 22.0 Å². The summed E-state index contributed by atoms with van der Waals surface area (Å²) in [5.41, 5.74) is 13.9. The van der Waals surface area contributed by atoms with Gasteiger partial charge in [-0.1, -0.05) is 60.7 Å². The molecule has 11 N–H and O–H groups in total. The number of hydrazine groups is 1. The average Bonchev–Trinajstić information content (AvgIpc) is 3.01. The van der Waals surface area contributed by atoms with Crippen LogP contribution in [0.15, 0.2) is 60.7 Å². The number of nitrogens with one attached hydrogen (secondary N) is 5. The summed E-state index contributed by atoms with van der Waals surface area (Å²) in [6, 6.07) is 12.1. The Hall–Kier alpha value is -5.51. The zero-order valence-corrected chi connectivity index (χ0v) is 24.6. The van der Waals surface area contributed by atoms with Crippen molar-refractivity contribution in [3.63, 3.8) is 0 Å². The highest BCUT2D eigenvalue weighted by Crippen LogP contribution is 2.06. The lowest BCUT2D eigenvalue weighted by Crippen LogP contribution is -2.59. The number of primary amides is 2. The molecule has 0 heterocycles. The summed E-state index contributed by atoms with van der Waals surface area (Å²) < 4.78 is 5.10. The van der Waals surface area contributed by atoms with Crippen LogP contribution in [0.3, 0.4) is 0 Å². The van der Waals surface area contributed by atoms with Gasteiger partial charge < -0.3 is 37.5 Å². The van der Waals surface area contributed by atoms with Crippen LogP contribution in [0.1, 0.15) is 37.3 Å². The van der Waals surface area contributed by atoms with Crippen LogP contribution in [0.25, 0.3) is 0 Å². The minimum atomic E-state index is -1.57. The molecule has 0 fully saturated rings. The smallest absolute Gasteiger partial charge is 0.408 e. The average molecular weight is 627 g/mol. The summed E-state index contributed by atoms with van der Waals surface area (Å²) in [6.07, 6.45) is -2.15. The van der Waals surface area contributed by atoms with Crippen molar-refractivity contribution in [2.24, 2.45) is 17.3 Å². The van der Waals surface area contributed by atoms with Crippen molar-refractivity contribution in [3.05, 3.63) is 71.8 Å². The zero-order valence-electron chi connectivity index (χ0n) is 24.6. The Bertz CT molecular complexity index is 1340. The van der Waals surface area contributed by atoms with Gasteiger partial charge in [0.2, 0.25) is 29.5 Å². The van der Waals surface area contributed by atoms with E-state index in [1.165, 1.54) is 6.92 Å². The molecule has 2 aromatic rings. The normalized spacial score (nSPS) is 13.1. The molecule has 0 saturated heterocycles. The lowest BCUT2D eigenvalue weighted by Gasteiger charge is -2.25. The summed E-state index contributed by atoms with van der Waals surface area (Å²) in [6.45, 7) is 1.29. The molecule has 0 aliphatic carbocycles. The lowest BCUT2D eigenvalue weighted by atomic mass is 10.0. The molecule has 0 saturated carbocycles. The third-order valence-corrected chi connectivity index (χ3v) is 6.35. The number of hydrogen-bond acceptors (Lipinski definition) is 9. The molecule has 4 atom stereocenters. The third kappa shape index (κ3) is 13.1. The first-order valence-electron chi connectivity index (χ1n) is 13.9. The van der Waals surface area contributed by atoms with E-state index < -0.39 is 72.1 Å². The van der Waals surface area contributed by atoms with E-state index in [9.17, 15) is 33.6 Å². The topological polar surface area (TPSA) is 267 Å². The largest absolute Gasteiger partial charge is 0.445 e. The maximum Gasteiger partial charge on any atom is 0.408 e. The highest BCUT2D eigenvalue weighted by Gasteiger charge is 2.31. The van der Waals surface area contributed by atoms with E-state index in [1.54, 1.807) is 60.7 Å². The Balaban J connectivity index is 2.11. The second-order valence-electron chi connectivity index (χ2n) is 9.99. The number of carbonyl (C=O) groups excluding carboxylic acids is 7. The summed E-state index contributed by atoms with van der Waals surface area (Å²) in [5, 5.41) is 9.50. The van der Waals surface area contributed by atoms with Crippen LogP contribution in [0.5, 0.6) is 0 Å². The molecule has 16 nitrogen and oxygen atoms in total. The predicted octanol–water partition coefficient (Wildman–Crippen LogP) is -1.87. The number of ether oxygens (including phenoxy) is 1. The van der Waals surface area contributed by atoms with Gasteiger partial charge in [0.05, 0.1) is 6.42 Å². The Labute approximate surface area is 259 Å². The predicted molar refractivity (Wildman–Crippen MR) is 160 cm³/mol. The summed E-state index contributed by atoms with van der Waals surface area (Å²) in [4.78, 5) is 87.0. The maximum atomic E-state index is 13.2. The van der Waals surface area contributed by atoms with Gasteiger partial charge in [-0.3, -0.25) is 34.2 Å². The second-order valence-corrected chi connectivity index (χ2v) is 9.99. The fraction of sp³-hybridized carbons (Fsp3) is 0.345. The Morgan fingerprint density at radius 3 is 1.76 bits per heavy atom. The van der Waals surface area contributed by atoms with Gasteiger partial charge in [0, 0.05) is 12.8 Å². The fourth-order valence-electron chi connectivity index (χ4n) is 3.97. The molecular weight excluding hydrogens is 588 g/mol. The molecule has 0 aromatic heterocycles. The highest BCUT2D eigenvalue weighted by atomic mass is 16.5. The van der Waals surface area contributed by atoms with Crippen molar-refractivity contribution in [1.82, 2.24) is 26.7 Å². The van der Waals surface area contributed by atoms with Crippen molar-refractivity contribution in [2.75, 3.05) is 0 Å². The number of nitrogens with two attached hydrogens (primary N) is 3. The minimum absolute atomic E-state index is 0.0306. The number of carbonyl (C=O) groups is 7. The van der Waals surface area contributed by atoms with Gasteiger partial charge in [-0.2, -0.15) is 0 Å². The van der Waals surface area contributed by atoms with Gasteiger partial charge in [-0.05, 0) is 24.5 Å². The monoisotopic (exact) mass is 626 g/mol. The van der Waals surface area contributed by atoms with Crippen molar-refractivity contribution >= 4 is 41.5 Å². The van der Waals surface area contributed by atoms with Crippen LogP contribution in [0.4, 0.5) is 4.79 Å². The van der Waals surface area contributed by atoms with Crippen LogP contribution in [0.2, 0.25) is 0 Å². The molecule has 0 aliphatic rings. The Morgan fingerprint density at radius 1 is 0.667 bits per heavy atom. The minimum Gasteiger partial charge on any atom is -0.445 e. The number of amides is 7. The van der Waals surface area contributed by atoms with Gasteiger partial charge in [-0.25, -0.2) is 10.6 Å². The summed E-state index contributed by atoms with van der Waals surface area (Å²) >= 11 is 0. The van der Waals surface area contributed by atoms with Crippen molar-refractivity contribution in [3.8, 4) is 0 Å².